The lowest BCUT2D eigenvalue weighted by Crippen LogP contribution is -2.36. The lowest BCUT2D eigenvalue weighted by molar-refractivity contribution is -0.115. The van der Waals surface area contributed by atoms with Gasteiger partial charge in [0.25, 0.3) is 5.56 Å². The summed E-state index contributed by atoms with van der Waals surface area (Å²) in [5.74, 6) is 1.10. The number of nitrogens with zero attached hydrogens (tertiary/aromatic N) is 3. The maximum Gasteiger partial charge on any atom is 0.262 e. The van der Waals surface area contributed by atoms with Crippen molar-refractivity contribution >= 4 is 39.9 Å². The van der Waals surface area contributed by atoms with Crippen LogP contribution in [0.5, 0.6) is 11.5 Å². The van der Waals surface area contributed by atoms with Crippen molar-refractivity contribution in [3.63, 3.8) is 0 Å². The fourth-order valence-corrected chi connectivity index (χ4v) is 6.07. The van der Waals surface area contributed by atoms with Crippen LogP contribution in [0.4, 0.5) is 11.4 Å². The third-order valence-corrected chi connectivity index (χ3v) is 8.65. The standard InChI is InChI=1S/C31H32N4O5S/c1-2-28(29(36)32-22-8-11-26-27(18-22)40-20-39-26)41-31-33-25-10-9-23(34-14-16-38-17-15-34)19-24(25)30(37)35(31)13-12-21-6-4-3-5-7-21/h3-11,18-19,28H,2,12-17,20H2,1H3,(H,32,36)/t28-/m0/s1. The molecule has 0 bridgehead atoms. The number of fused-ring (bicyclic) bond motifs is 2. The van der Waals surface area contributed by atoms with Crippen molar-refractivity contribution in [3.05, 3.63) is 82.6 Å². The van der Waals surface area contributed by atoms with Gasteiger partial charge in [-0.15, -0.1) is 0 Å². The number of carbonyl (C=O) groups excluding carboxylic acids is 1. The molecule has 0 saturated carbocycles. The summed E-state index contributed by atoms with van der Waals surface area (Å²) in [5.41, 5.74) is 3.27. The number of hydrogen-bond donors (Lipinski definition) is 1. The topological polar surface area (TPSA) is 94.9 Å². The Bertz CT molecular complexity index is 1600. The molecule has 1 N–H and O–H groups in total. The van der Waals surface area contributed by atoms with Crippen molar-refractivity contribution < 1.29 is 19.0 Å². The number of hydrogen-bond acceptors (Lipinski definition) is 8. The van der Waals surface area contributed by atoms with E-state index >= 15 is 0 Å². The Morgan fingerprint density at radius 2 is 1.83 bits per heavy atom. The smallest absolute Gasteiger partial charge is 0.262 e. The number of anilines is 2. The Hall–Kier alpha value is -4.02. The molecular weight excluding hydrogens is 540 g/mol. The molecule has 1 aromatic heterocycles. The van der Waals surface area contributed by atoms with E-state index < -0.39 is 5.25 Å². The van der Waals surface area contributed by atoms with E-state index in [2.05, 4.69) is 22.3 Å². The van der Waals surface area contributed by atoms with Crippen molar-refractivity contribution in [2.24, 2.45) is 0 Å². The minimum Gasteiger partial charge on any atom is -0.454 e. The summed E-state index contributed by atoms with van der Waals surface area (Å²) in [6.07, 6.45) is 1.23. The second-order valence-corrected chi connectivity index (χ2v) is 11.1. The maximum atomic E-state index is 14.0. The Morgan fingerprint density at radius 1 is 1.02 bits per heavy atom. The molecule has 1 fully saturated rings. The predicted octanol–water partition coefficient (Wildman–Crippen LogP) is 4.71. The highest BCUT2D eigenvalue weighted by atomic mass is 32.2. The second kappa shape index (κ2) is 12.2. The van der Waals surface area contributed by atoms with Crippen LogP contribution >= 0.6 is 11.8 Å². The summed E-state index contributed by atoms with van der Waals surface area (Å²) in [6.45, 7) is 5.48. The van der Waals surface area contributed by atoms with Gasteiger partial charge in [-0.2, -0.15) is 0 Å². The van der Waals surface area contributed by atoms with E-state index in [0.29, 0.717) is 65.8 Å². The molecule has 1 saturated heterocycles. The number of aryl methyl sites for hydroxylation is 1. The van der Waals surface area contributed by atoms with E-state index in [-0.39, 0.29) is 18.3 Å². The minimum absolute atomic E-state index is 0.102. The van der Waals surface area contributed by atoms with Crippen LogP contribution in [0.15, 0.2) is 76.7 Å². The summed E-state index contributed by atoms with van der Waals surface area (Å²) in [7, 11) is 0. The third-order valence-electron chi connectivity index (χ3n) is 7.30. The summed E-state index contributed by atoms with van der Waals surface area (Å²) in [6, 6.07) is 21.2. The Morgan fingerprint density at radius 3 is 2.63 bits per heavy atom. The molecule has 1 atom stereocenters. The van der Waals surface area contributed by atoms with E-state index in [1.165, 1.54) is 11.8 Å². The van der Waals surface area contributed by atoms with Gasteiger partial charge in [-0.25, -0.2) is 4.98 Å². The fourth-order valence-electron chi connectivity index (χ4n) is 5.03. The van der Waals surface area contributed by atoms with Gasteiger partial charge in [-0.3, -0.25) is 14.2 Å². The molecule has 0 spiro atoms. The number of aromatic nitrogens is 2. The first-order valence-electron chi connectivity index (χ1n) is 13.9. The van der Waals surface area contributed by atoms with Crippen LogP contribution in [0.1, 0.15) is 18.9 Å². The zero-order valence-corrected chi connectivity index (χ0v) is 23.7. The number of morpholine rings is 1. The van der Waals surface area contributed by atoms with E-state index in [0.717, 1.165) is 24.3 Å². The van der Waals surface area contributed by atoms with Gasteiger partial charge in [-0.1, -0.05) is 49.0 Å². The van der Waals surface area contributed by atoms with Crippen molar-refractivity contribution in [1.82, 2.24) is 9.55 Å². The highest BCUT2D eigenvalue weighted by Gasteiger charge is 2.24. The van der Waals surface area contributed by atoms with Gasteiger partial charge >= 0.3 is 0 Å². The normalized spacial score (nSPS) is 15.2. The van der Waals surface area contributed by atoms with E-state index in [1.54, 1.807) is 22.8 Å². The molecular formula is C31H32N4O5S. The number of nitrogens with one attached hydrogen (secondary N) is 1. The number of ether oxygens (including phenoxy) is 3. The monoisotopic (exact) mass is 572 g/mol. The quantitative estimate of drug-likeness (QED) is 0.228. The Labute approximate surface area is 242 Å². The van der Waals surface area contributed by atoms with Crippen LogP contribution in [-0.2, 0) is 22.5 Å². The molecule has 0 radical (unpaired) electrons. The number of carbonyl (C=O) groups is 1. The minimum atomic E-state index is -0.458. The number of rotatable bonds is 9. The predicted molar refractivity (Wildman–Crippen MR) is 160 cm³/mol. The first-order chi connectivity index (χ1) is 20.1. The first kappa shape index (κ1) is 27.2. The average molecular weight is 573 g/mol. The molecule has 0 unspecified atom stereocenters. The van der Waals surface area contributed by atoms with Crippen molar-refractivity contribution in [1.29, 1.82) is 0 Å². The van der Waals surface area contributed by atoms with Gasteiger partial charge in [0.15, 0.2) is 16.7 Å². The van der Waals surface area contributed by atoms with Crippen LogP contribution in [0.2, 0.25) is 0 Å². The van der Waals surface area contributed by atoms with Crippen LogP contribution in [0.3, 0.4) is 0 Å². The second-order valence-electron chi connectivity index (χ2n) is 9.96. The zero-order valence-electron chi connectivity index (χ0n) is 22.9. The van der Waals surface area contributed by atoms with Gasteiger partial charge in [-0.05, 0) is 48.7 Å². The molecule has 1 amide bonds. The maximum absolute atomic E-state index is 14.0. The van der Waals surface area contributed by atoms with Gasteiger partial charge in [0.05, 0.1) is 29.4 Å². The average Bonchev–Trinajstić information content (AvgIpc) is 3.48. The first-order valence-corrected chi connectivity index (χ1v) is 14.8. The number of benzene rings is 3. The Balaban J connectivity index is 1.30. The molecule has 2 aliphatic heterocycles. The molecule has 0 aliphatic carbocycles. The number of amides is 1. The van der Waals surface area contributed by atoms with Crippen molar-refractivity contribution in [2.75, 3.05) is 43.3 Å². The van der Waals surface area contributed by atoms with Gasteiger partial charge in [0, 0.05) is 37.1 Å². The van der Waals surface area contributed by atoms with E-state index in [1.807, 2.05) is 43.3 Å². The summed E-state index contributed by atoms with van der Waals surface area (Å²) in [4.78, 5) is 34.5. The molecule has 9 nitrogen and oxygen atoms in total. The van der Waals surface area contributed by atoms with Crippen molar-refractivity contribution in [2.45, 2.75) is 36.7 Å². The molecule has 212 valence electrons. The van der Waals surface area contributed by atoms with Crippen LogP contribution in [-0.4, -0.2) is 53.8 Å². The largest absolute Gasteiger partial charge is 0.454 e. The molecule has 2 aliphatic rings. The lowest BCUT2D eigenvalue weighted by Gasteiger charge is -2.29. The summed E-state index contributed by atoms with van der Waals surface area (Å²) in [5, 5.41) is 3.64. The molecule has 3 aromatic carbocycles. The van der Waals surface area contributed by atoms with Gasteiger partial charge < -0.3 is 24.4 Å². The Kier molecular flexibility index (Phi) is 8.11. The fraction of sp³-hybridized carbons (Fsp3) is 0.323. The summed E-state index contributed by atoms with van der Waals surface area (Å²) < 4.78 is 18.0. The lowest BCUT2D eigenvalue weighted by atomic mass is 10.1. The highest BCUT2D eigenvalue weighted by molar-refractivity contribution is 8.00. The highest BCUT2D eigenvalue weighted by Crippen LogP contribution is 2.35. The van der Waals surface area contributed by atoms with Crippen molar-refractivity contribution in [3.8, 4) is 11.5 Å². The third kappa shape index (κ3) is 6.03. The SMILES string of the molecule is CC[C@H](Sc1nc2ccc(N3CCOCC3)cc2c(=O)n1CCc1ccccc1)C(=O)Nc1ccc2c(c1)OCO2. The molecule has 10 heteroatoms. The zero-order chi connectivity index (χ0) is 28.2. The van der Waals surface area contributed by atoms with Crippen LogP contribution < -0.4 is 25.2 Å². The van der Waals surface area contributed by atoms with Crippen LogP contribution in [0, 0.1) is 0 Å². The van der Waals surface area contributed by atoms with E-state index in [4.69, 9.17) is 19.2 Å². The van der Waals surface area contributed by atoms with Gasteiger partial charge in [0.2, 0.25) is 12.7 Å². The molecule has 41 heavy (non-hydrogen) atoms. The van der Waals surface area contributed by atoms with E-state index in [9.17, 15) is 9.59 Å². The molecule has 3 heterocycles. The van der Waals surface area contributed by atoms with Gasteiger partial charge in [0.1, 0.15) is 0 Å². The summed E-state index contributed by atoms with van der Waals surface area (Å²) >= 11 is 1.32. The van der Waals surface area contributed by atoms with Crippen LogP contribution in [0.25, 0.3) is 10.9 Å². The molecule has 6 rings (SSSR count). The number of thioether (sulfide) groups is 1. The molecule has 4 aromatic rings.